The molecule has 4 N–H and O–H groups in total. The standard InChI is InChI=1S/C9H19N3O/c1-2-12(9(11)13)8-5-3-4-7(8)6-10/h7-8H,2-6,10H2,1H3,(H2,11,13). The van der Waals surface area contributed by atoms with E-state index in [1.54, 1.807) is 4.90 Å². The number of carbonyl (C=O) groups excluding carboxylic acids is 1. The van der Waals surface area contributed by atoms with Crippen molar-refractivity contribution in [3.05, 3.63) is 0 Å². The molecule has 1 saturated carbocycles. The molecule has 0 aliphatic heterocycles. The Morgan fingerprint density at radius 3 is 2.69 bits per heavy atom. The maximum atomic E-state index is 11.1. The van der Waals surface area contributed by atoms with Crippen LogP contribution < -0.4 is 11.5 Å². The van der Waals surface area contributed by atoms with Crippen molar-refractivity contribution in [2.45, 2.75) is 32.2 Å². The smallest absolute Gasteiger partial charge is 0.315 e. The fourth-order valence-electron chi connectivity index (χ4n) is 2.26. The first-order valence-corrected chi connectivity index (χ1v) is 4.96. The molecule has 1 fully saturated rings. The van der Waals surface area contributed by atoms with Crippen LogP contribution in [0.4, 0.5) is 4.79 Å². The quantitative estimate of drug-likeness (QED) is 0.672. The van der Waals surface area contributed by atoms with Crippen LogP contribution in [0.5, 0.6) is 0 Å². The van der Waals surface area contributed by atoms with E-state index in [0.717, 1.165) is 19.3 Å². The van der Waals surface area contributed by atoms with E-state index in [0.29, 0.717) is 19.0 Å². The van der Waals surface area contributed by atoms with Crippen molar-refractivity contribution in [3.8, 4) is 0 Å². The summed E-state index contributed by atoms with van der Waals surface area (Å²) < 4.78 is 0. The molecule has 4 heteroatoms. The SMILES string of the molecule is CCN(C(N)=O)C1CCCC1CN. The van der Waals surface area contributed by atoms with E-state index in [4.69, 9.17) is 11.5 Å². The monoisotopic (exact) mass is 185 g/mol. The highest BCUT2D eigenvalue weighted by atomic mass is 16.2. The summed E-state index contributed by atoms with van der Waals surface area (Å²) in [5.74, 6) is 0.451. The van der Waals surface area contributed by atoms with Crippen molar-refractivity contribution >= 4 is 6.03 Å². The van der Waals surface area contributed by atoms with Gasteiger partial charge in [-0.15, -0.1) is 0 Å². The second kappa shape index (κ2) is 4.46. The molecule has 0 spiro atoms. The number of urea groups is 1. The zero-order valence-corrected chi connectivity index (χ0v) is 8.20. The van der Waals surface area contributed by atoms with Gasteiger partial charge in [0.15, 0.2) is 0 Å². The van der Waals surface area contributed by atoms with Gasteiger partial charge in [-0.1, -0.05) is 6.42 Å². The minimum absolute atomic E-state index is 0.285. The molecular formula is C9H19N3O. The van der Waals surface area contributed by atoms with Gasteiger partial charge in [-0.3, -0.25) is 0 Å². The molecule has 1 rings (SSSR count). The number of primary amides is 1. The molecular weight excluding hydrogens is 166 g/mol. The fraction of sp³-hybridized carbons (Fsp3) is 0.889. The Morgan fingerprint density at radius 2 is 2.23 bits per heavy atom. The summed E-state index contributed by atoms with van der Waals surface area (Å²) >= 11 is 0. The second-order valence-electron chi connectivity index (χ2n) is 3.62. The van der Waals surface area contributed by atoms with Gasteiger partial charge < -0.3 is 16.4 Å². The average molecular weight is 185 g/mol. The highest BCUT2D eigenvalue weighted by molar-refractivity contribution is 5.72. The van der Waals surface area contributed by atoms with E-state index in [1.165, 1.54) is 0 Å². The van der Waals surface area contributed by atoms with Gasteiger partial charge in [0.25, 0.3) is 0 Å². The molecule has 2 amide bonds. The van der Waals surface area contributed by atoms with E-state index < -0.39 is 0 Å². The van der Waals surface area contributed by atoms with Crippen molar-refractivity contribution in [1.82, 2.24) is 4.90 Å². The van der Waals surface area contributed by atoms with Gasteiger partial charge >= 0.3 is 6.03 Å². The Morgan fingerprint density at radius 1 is 1.54 bits per heavy atom. The molecule has 0 radical (unpaired) electrons. The predicted molar refractivity (Wildman–Crippen MR) is 52.1 cm³/mol. The number of amides is 2. The first kappa shape index (κ1) is 10.3. The van der Waals surface area contributed by atoms with Crippen LogP contribution in [0.15, 0.2) is 0 Å². The van der Waals surface area contributed by atoms with Gasteiger partial charge in [0, 0.05) is 12.6 Å². The Hall–Kier alpha value is -0.770. The summed E-state index contributed by atoms with van der Waals surface area (Å²) in [6.07, 6.45) is 3.35. The topological polar surface area (TPSA) is 72.3 Å². The molecule has 0 bridgehead atoms. The molecule has 0 aromatic heterocycles. The highest BCUT2D eigenvalue weighted by Crippen LogP contribution is 2.28. The third kappa shape index (κ3) is 2.12. The Balaban J connectivity index is 2.61. The third-order valence-corrected chi connectivity index (χ3v) is 2.95. The van der Waals surface area contributed by atoms with Gasteiger partial charge in [0.2, 0.25) is 0 Å². The van der Waals surface area contributed by atoms with Crippen LogP contribution in [0.2, 0.25) is 0 Å². The largest absolute Gasteiger partial charge is 0.351 e. The summed E-state index contributed by atoms with van der Waals surface area (Å²) in [5.41, 5.74) is 10.9. The van der Waals surface area contributed by atoms with Gasteiger partial charge in [-0.05, 0) is 32.2 Å². The normalized spacial score (nSPS) is 27.5. The molecule has 0 heterocycles. The van der Waals surface area contributed by atoms with Gasteiger partial charge in [-0.2, -0.15) is 0 Å². The molecule has 1 aliphatic rings. The highest BCUT2D eigenvalue weighted by Gasteiger charge is 2.31. The van der Waals surface area contributed by atoms with Gasteiger partial charge in [-0.25, -0.2) is 4.79 Å². The molecule has 4 nitrogen and oxygen atoms in total. The van der Waals surface area contributed by atoms with Crippen molar-refractivity contribution < 1.29 is 4.79 Å². The van der Waals surface area contributed by atoms with E-state index in [-0.39, 0.29) is 12.1 Å². The fourth-order valence-corrected chi connectivity index (χ4v) is 2.26. The van der Waals surface area contributed by atoms with E-state index in [1.807, 2.05) is 6.92 Å². The number of hydrogen-bond donors (Lipinski definition) is 2. The van der Waals surface area contributed by atoms with E-state index >= 15 is 0 Å². The lowest BCUT2D eigenvalue weighted by molar-refractivity contribution is 0.171. The molecule has 0 aromatic rings. The zero-order chi connectivity index (χ0) is 9.84. The van der Waals surface area contributed by atoms with Gasteiger partial charge in [0.1, 0.15) is 0 Å². The number of rotatable bonds is 3. The molecule has 1 aliphatic carbocycles. The Bertz CT molecular complexity index is 184. The van der Waals surface area contributed by atoms with Gasteiger partial charge in [0.05, 0.1) is 0 Å². The molecule has 2 atom stereocenters. The number of hydrogen-bond acceptors (Lipinski definition) is 2. The lowest BCUT2D eigenvalue weighted by Crippen LogP contribution is -2.46. The number of carbonyl (C=O) groups is 1. The molecule has 2 unspecified atom stereocenters. The number of nitrogens with two attached hydrogens (primary N) is 2. The summed E-state index contributed by atoms with van der Waals surface area (Å²) in [7, 11) is 0. The van der Waals surface area contributed by atoms with Crippen LogP contribution in [0.3, 0.4) is 0 Å². The minimum Gasteiger partial charge on any atom is -0.351 e. The van der Waals surface area contributed by atoms with E-state index in [2.05, 4.69) is 0 Å². The van der Waals surface area contributed by atoms with Crippen molar-refractivity contribution in [1.29, 1.82) is 0 Å². The summed E-state index contributed by atoms with van der Waals surface area (Å²) in [4.78, 5) is 12.8. The van der Waals surface area contributed by atoms with Crippen molar-refractivity contribution in [2.75, 3.05) is 13.1 Å². The first-order chi connectivity index (χ1) is 6.20. The predicted octanol–water partition coefficient (Wildman–Crippen LogP) is 0.514. The van der Waals surface area contributed by atoms with Crippen LogP contribution in [0.1, 0.15) is 26.2 Å². The average Bonchev–Trinajstić information content (AvgIpc) is 2.53. The minimum atomic E-state index is -0.312. The summed E-state index contributed by atoms with van der Waals surface area (Å²) in [6, 6.07) is -0.0275. The lowest BCUT2D eigenvalue weighted by Gasteiger charge is -2.30. The molecule has 76 valence electrons. The maximum Gasteiger partial charge on any atom is 0.315 e. The van der Waals surface area contributed by atoms with Crippen LogP contribution >= 0.6 is 0 Å². The summed E-state index contributed by atoms with van der Waals surface area (Å²) in [6.45, 7) is 3.31. The van der Waals surface area contributed by atoms with Crippen LogP contribution in [-0.4, -0.2) is 30.1 Å². The molecule has 0 saturated heterocycles. The third-order valence-electron chi connectivity index (χ3n) is 2.95. The van der Waals surface area contributed by atoms with Crippen LogP contribution in [0.25, 0.3) is 0 Å². The Kier molecular flexibility index (Phi) is 3.54. The lowest BCUT2D eigenvalue weighted by atomic mass is 10.0. The maximum absolute atomic E-state index is 11.1. The molecule has 0 aromatic carbocycles. The van der Waals surface area contributed by atoms with Crippen LogP contribution in [0, 0.1) is 5.92 Å². The second-order valence-corrected chi connectivity index (χ2v) is 3.62. The van der Waals surface area contributed by atoms with Crippen molar-refractivity contribution in [2.24, 2.45) is 17.4 Å². The van der Waals surface area contributed by atoms with Crippen molar-refractivity contribution in [3.63, 3.8) is 0 Å². The van der Waals surface area contributed by atoms with E-state index in [9.17, 15) is 4.79 Å². The summed E-state index contributed by atoms with van der Waals surface area (Å²) in [5, 5.41) is 0. The number of nitrogens with zero attached hydrogens (tertiary/aromatic N) is 1. The van der Waals surface area contributed by atoms with Crippen LogP contribution in [-0.2, 0) is 0 Å². The zero-order valence-electron chi connectivity index (χ0n) is 8.20. The first-order valence-electron chi connectivity index (χ1n) is 4.96. The Labute approximate surface area is 79.3 Å². The molecule has 13 heavy (non-hydrogen) atoms.